The number of amides is 1. The molecule has 1 aromatic heterocycles. The number of nitrogens with zero attached hydrogens (tertiary/aromatic N) is 3. The van der Waals surface area contributed by atoms with E-state index in [1.807, 2.05) is 0 Å². The number of alkyl halides is 3. The van der Waals surface area contributed by atoms with Crippen LogP contribution in [0.4, 0.5) is 19.1 Å². The fourth-order valence-corrected chi connectivity index (χ4v) is 3.78. The summed E-state index contributed by atoms with van der Waals surface area (Å²) < 4.78 is 38.7. The zero-order chi connectivity index (χ0) is 17.6. The van der Waals surface area contributed by atoms with Crippen LogP contribution in [0.3, 0.4) is 0 Å². The van der Waals surface area contributed by atoms with Crippen molar-refractivity contribution in [3.05, 3.63) is 18.0 Å². The van der Waals surface area contributed by atoms with Gasteiger partial charge in [0.15, 0.2) is 0 Å². The highest BCUT2D eigenvalue weighted by Crippen LogP contribution is 2.42. The van der Waals surface area contributed by atoms with Gasteiger partial charge in [-0.1, -0.05) is 6.42 Å². The van der Waals surface area contributed by atoms with E-state index in [2.05, 4.69) is 15.3 Å². The number of nitrogens with one attached hydrogen (secondary N) is 1. The lowest BCUT2D eigenvalue weighted by molar-refractivity contribution is -0.141. The van der Waals surface area contributed by atoms with E-state index in [1.165, 1.54) is 0 Å². The number of aromatic nitrogens is 2. The molecule has 0 spiro atoms. The van der Waals surface area contributed by atoms with Crippen LogP contribution in [-0.2, 0) is 11.0 Å². The molecule has 2 saturated carbocycles. The van der Waals surface area contributed by atoms with E-state index < -0.39 is 11.9 Å². The van der Waals surface area contributed by atoms with Gasteiger partial charge in [-0.15, -0.1) is 0 Å². The van der Waals surface area contributed by atoms with Gasteiger partial charge in [-0.05, 0) is 37.7 Å². The van der Waals surface area contributed by atoms with Gasteiger partial charge in [0.05, 0.1) is 6.04 Å². The number of halogens is 3. The number of hydrogen-bond donors (Lipinski definition) is 1. The smallest absolute Gasteiger partial charge is 0.351 e. The van der Waals surface area contributed by atoms with E-state index >= 15 is 0 Å². The van der Waals surface area contributed by atoms with Crippen LogP contribution >= 0.6 is 0 Å². The third-order valence-electron chi connectivity index (χ3n) is 5.61. The molecule has 2 atom stereocenters. The molecule has 136 valence electrons. The van der Waals surface area contributed by atoms with Crippen LogP contribution in [0.15, 0.2) is 12.3 Å². The number of carbonyl (C=O) groups is 1. The van der Waals surface area contributed by atoms with Crippen molar-refractivity contribution in [3.63, 3.8) is 0 Å². The van der Waals surface area contributed by atoms with Gasteiger partial charge >= 0.3 is 6.18 Å². The number of hydrogen-bond acceptors (Lipinski definition) is 4. The molecule has 25 heavy (non-hydrogen) atoms. The Hall–Kier alpha value is -1.86. The molecule has 1 N–H and O–H groups in total. The summed E-state index contributed by atoms with van der Waals surface area (Å²) in [5, 5.41) is 3.14. The lowest BCUT2D eigenvalue weighted by atomic mass is 9.84. The summed E-state index contributed by atoms with van der Waals surface area (Å²) in [4.78, 5) is 21.8. The molecule has 2 aliphatic carbocycles. The quantitative estimate of drug-likeness (QED) is 0.903. The van der Waals surface area contributed by atoms with E-state index in [1.54, 1.807) is 4.90 Å². The van der Waals surface area contributed by atoms with Gasteiger partial charge in [-0.25, -0.2) is 9.97 Å². The number of anilines is 1. The molecule has 0 radical (unpaired) electrons. The predicted octanol–water partition coefficient (Wildman–Crippen LogP) is 2.63. The van der Waals surface area contributed by atoms with Gasteiger partial charge in [0.1, 0.15) is 5.69 Å². The average Bonchev–Trinajstić information content (AvgIpc) is 3.26. The highest BCUT2D eigenvalue weighted by atomic mass is 19.4. The second-order valence-electron chi connectivity index (χ2n) is 7.39. The summed E-state index contributed by atoms with van der Waals surface area (Å²) in [6.07, 6.45) is 1.89. The molecule has 8 heteroatoms. The van der Waals surface area contributed by atoms with Gasteiger partial charge < -0.3 is 10.2 Å². The topological polar surface area (TPSA) is 58.1 Å². The Morgan fingerprint density at radius 1 is 1.20 bits per heavy atom. The zero-order valence-corrected chi connectivity index (χ0v) is 13.8. The lowest BCUT2D eigenvalue weighted by Gasteiger charge is -2.27. The van der Waals surface area contributed by atoms with Crippen LogP contribution in [0.2, 0.25) is 0 Å². The van der Waals surface area contributed by atoms with E-state index in [0.717, 1.165) is 44.4 Å². The van der Waals surface area contributed by atoms with E-state index in [-0.39, 0.29) is 29.7 Å². The van der Waals surface area contributed by atoms with E-state index in [4.69, 9.17) is 0 Å². The number of rotatable bonds is 4. The summed E-state index contributed by atoms with van der Waals surface area (Å²) in [6, 6.07) is 0.854. The summed E-state index contributed by atoms with van der Waals surface area (Å²) in [5.74, 6) is 1.11. The lowest BCUT2D eigenvalue weighted by Crippen LogP contribution is -2.45. The molecule has 1 saturated heterocycles. The Morgan fingerprint density at radius 2 is 1.96 bits per heavy atom. The van der Waals surface area contributed by atoms with Crippen molar-refractivity contribution < 1.29 is 18.0 Å². The second kappa shape index (κ2) is 6.14. The van der Waals surface area contributed by atoms with Gasteiger partial charge in [0.2, 0.25) is 11.9 Å². The highest BCUT2D eigenvalue weighted by molar-refractivity contribution is 5.79. The Kier molecular flexibility index (Phi) is 4.08. The fourth-order valence-electron chi connectivity index (χ4n) is 3.78. The fraction of sp³-hybridized carbons (Fsp3) is 0.706. The average molecular weight is 354 g/mol. The van der Waals surface area contributed by atoms with Crippen molar-refractivity contribution in [1.29, 1.82) is 0 Å². The van der Waals surface area contributed by atoms with Crippen LogP contribution in [0.1, 0.15) is 37.8 Å². The third kappa shape index (κ3) is 3.43. The van der Waals surface area contributed by atoms with Crippen molar-refractivity contribution in [2.75, 3.05) is 18.0 Å². The Balaban J connectivity index is 1.49. The van der Waals surface area contributed by atoms with Crippen molar-refractivity contribution in [1.82, 2.24) is 15.3 Å². The molecule has 1 aromatic rings. The molecule has 0 aromatic carbocycles. The monoisotopic (exact) mass is 354 g/mol. The number of carbonyl (C=O) groups excluding carboxylic acids is 1. The first kappa shape index (κ1) is 16.6. The van der Waals surface area contributed by atoms with Crippen molar-refractivity contribution in [2.45, 2.75) is 44.3 Å². The van der Waals surface area contributed by atoms with E-state index in [0.29, 0.717) is 19.0 Å². The normalized spacial score (nSPS) is 27.2. The first-order valence-corrected chi connectivity index (χ1v) is 8.87. The SMILES string of the molecule is O=C(NC1CN(c2nccc(C(F)(F)F)n2)CC1C1CC1)C1CCC1. The second-order valence-corrected chi connectivity index (χ2v) is 7.39. The van der Waals surface area contributed by atoms with Gasteiger partial charge in [-0.3, -0.25) is 4.79 Å². The highest BCUT2D eigenvalue weighted by Gasteiger charge is 2.45. The molecular formula is C17H21F3N4O. The molecule has 3 aliphatic rings. The molecule has 1 amide bonds. The van der Waals surface area contributed by atoms with E-state index in [9.17, 15) is 18.0 Å². The summed E-state index contributed by atoms with van der Waals surface area (Å²) >= 11 is 0. The largest absolute Gasteiger partial charge is 0.433 e. The molecule has 5 nitrogen and oxygen atoms in total. The molecule has 4 rings (SSSR count). The van der Waals surface area contributed by atoms with Gasteiger partial charge in [-0.2, -0.15) is 13.2 Å². The summed E-state index contributed by atoms with van der Waals surface area (Å²) in [5.41, 5.74) is -0.928. The molecule has 2 unspecified atom stereocenters. The molecule has 3 fully saturated rings. The van der Waals surface area contributed by atoms with Crippen LogP contribution in [0.5, 0.6) is 0 Å². The molecule has 2 heterocycles. The molecule has 0 bridgehead atoms. The van der Waals surface area contributed by atoms with Crippen molar-refractivity contribution >= 4 is 11.9 Å². The first-order valence-electron chi connectivity index (χ1n) is 8.87. The van der Waals surface area contributed by atoms with Gasteiger partial charge in [0.25, 0.3) is 0 Å². The van der Waals surface area contributed by atoms with Crippen LogP contribution in [-0.4, -0.2) is 35.0 Å². The van der Waals surface area contributed by atoms with Crippen molar-refractivity contribution in [2.24, 2.45) is 17.8 Å². The minimum absolute atomic E-state index is 0.0289. The third-order valence-corrected chi connectivity index (χ3v) is 5.61. The van der Waals surface area contributed by atoms with Crippen molar-refractivity contribution in [3.8, 4) is 0 Å². The van der Waals surface area contributed by atoms with Crippen LogP contribution in [0.25, 0.3) is 0 Å². The van der Waals surface area contributed by atoms with Crippen LogP contribution < -0.4 is 10.2 Å². The minimum Gasteiger partial charge on any atom is -0.351 e. The van der Waals surface area contributed by atoms with Gasteiger partial charge in [0, 0.05) is 31.1 Å². The van der Waals surface area contributed by atoms with Crippen LogP contribution in [0, 0.1) is 17.8 Å². The molecule has 1 aliphatic heterocycles. The maximum absolute atomic E-state index is 12.9. The molecular weight excluding hydrogens is 333 g/mol. The zero-order valence-electron chi connectivity index (χ0n) is 13.8. The Labute approximate surface area is 144 Å². The first-order chi connectivity index (χ1) is 11.9. The standard InChI is InChI=1S/C17H21F3N4O/c18-17(19,20)14-6-7-21-16(23-14)24-8-12(10-4-5-10)13(9-24)22-15(25)11-2-1-3-11/h6-7,10-13H,1-5,8-9H2,(H,22,25). The minimum atomic E-state index is -4.48. The summed E-state index contributed by atoms with van der Waals surface area (Å²) in [6.45, 7) is 1.07. The summed E-state index contributed by atoms with van der Waals surface area (Å²) in [7, 11) is 0. The Morgan fingerprint density at radius 3 is 2.56 bits per heavy atom. The Bertz CT molecular complexity index is 658. The maximum atomic E-state index is 12.9. The maximum Gasteiger partial charge on any atom is 0.433 e. The predicted molar refractivity (Wildman–Crippen MR) is 84.7 cm³/mol.